The molecule has 0 bridgehead atoms. The van der Waals surface area contributed by atoms with Crippen molar-refractivity contribution in [3.63, 3.8) is 0 Å². The number of aromatic nitrogens is 2. The van der Waals surface area contributed by atoms with Gasteiger partial charge in [-0.2, -0.15) is 0 Å². The lowest BCUT2D eigenvalue weighted by molar-refractivity contribution is 0.102. The molecule has 174 valence electrons. The van der Waals surface area contributed by atoms with Crippen LogP contribution in [-0.2, 0) is 6.54 Å². The number of para-hydroxylation sites is 1. The first-order valence-electron chi connectivity index (χ1n) is 11.1. The molecule has 0 unspecified atom stereocenters. The van der Waals surface area contributed by atoms with Gasteiger partial charge in [0.05, 0.1) is 18.5 Å². The fraction of sp³-hybridized carbons (Fsp3) is 0.240. The van der Waals surface area contributed by atoms with Gasteiger partial charge in [0.15, 0.2) is 0 Å². The average Bonchev–Trinajstić information content (AvgIpc) is 3.28. The van der Waals surface area contributed by atoms with Gasteiger partial charge in [-0.3, -0.25) is 9.69 Å². The number of carbonyl (C=O) groups is 1. The molecule has 1 aliphatic heterocycles. The van der Waals surface area contributed by atoms with Crippen LogP contribution in [0, 0.1) is 0 Å². The second-order valence-electron chi connectivity index (χ2n) is 8.09. The Balaban J connectivity index is 1.40. The highest BCUT2D eigenvalue weighted by Gasteiger charge is 2.16. The molecule has 1 amide bonds. The van der Waals surface area contributed by atoms with Gasteiger partial charge in [0, 0.05) is 49.9 Å². The minimum atomic E-state index is -0.348. The van der Waals surface area contributed by atoms with Gasteiger partial charge < -0.3 is 20.5 Å². The van der Waals surface area contributed by atoms with Gasteiger partial charge in [-0.05, 0) is 36.4 Å². The highest BCUT2D eigenvalue weighted by molar-refractivity contribution is 7.21. The van der Waals surface area contributed by atoms with Crippen LogP contribution in [0.25, 0.3) is 20.9 Å². The number of hydrogen-bond donors (Lipinski definition) is 3. The summed E-state index contributed by atoms with van der Waals surface area (Å²) in [6.45, 7) is 4.87. The standard InChI is InChI=1S/C25H25N5O3S/c1-33-19-13-16(12-18(31)14-19)23(32)28-21-5-3-2-4-20(21)24-29-22-7-6-17(27-25(22)34-24)15-30-10-8-26-9-11-30/h2-7,12-14,26,31H,8-11,15H2,1H3,(H,28,32). The highest BCUT2D eigenvalue weighted by atomic mass is 32.1. The van der Waals surface area contributed by atoms with Crippen molar-refractivity contribution in [1.82, 2.24) is 20.2 Å². The molecule has 4 aromatic rings. The summed E-state index contributed by atoms with van der Waals surface area (Å²) in [7, 11) is 1.49. The number of carbonyl (C=O) groups excluding carboxylic acids is 1. The second kappa shape index (κ2) is 9.76. The van der Waals surface area contributed by atoms with Crippen LogP contribution in [0.3, 0.4) is 0 Å². The molecule has 8 nitrogen and oxygen atoms in total. The van der Waals surface area contributed by atoms with Gasteiger partial charge in [0.25, 0.3) is 5.91 Å². The third-order valence-electron chi connectivity index (χ3n) is 5.70. The fourth-order valence-corrected chi connectivity index (χ4v) is 4.96. The lowest BCUT2D eigenvalue weighted by Crippen LogP contribution is -2.43. The van der Waals surface area contributed by atoms with Crippen LogP contribution >= 0.6 is 11.3 Å². The van der Waals surface area contributed by atoms with E-state index in [1.807, 2.05) is 36.4 Å². The Hall–Kier alpha value is -3.53. The predicted octanol–water partition coefficient (Wildman–Crippen LogP) is 3.73. The molecule has 0 atom stereocenters. The Labute approximate surface area is 201 Å². The third-order valence-corrected chi connectivity index (χ3v) is 6.70. The van der Waals surface area contributed by atoms with Crippen LogP contribution in [0.1, 0.15) is 16.1 Å². The molecule has 34 heavy (non-hydrogen) atoms. The molecule has 2 aromatic carbocycles. The van der Waals surface area contributed by atoms with E-state index in [-0.39, 0.29) is 11.7 Å². The Kier molecular flexibility index (Phi) is 6.39. The largest absolute Gasteiger partial charge is 0.508 e. The Morgan fingerprint density at radius 1 is 1.15 bits per heavy atom. The first kappa shape index (κ1) is 22.3. The third kappa shape index (κ3) is 4.86. The monoisotopic (exact) mass is 475 g/mol. The zero-order valence-electron chi connectivity index (χ0n) is 18.7. The highest BCUT2D eigenvalue weighted by Crippen LogP contribution is 2.34. The van der Waals surface area contributed by atoms with E-state index < -0.39 is 0 Å². The van der Waals surface area contributed by atoms with Crippen molar-refractivity contribution in [3.05, 3.63) is 65.9 Å². The van der Waals surface area contributed by atoms with Crippen molar-refractivity contribution in [2.24, 2.45) is 0 Å². The van der Waals surface area contributed by atoms with Gasteiger partial charge in [0.2, 0.25) is 0 Å². The number of nitrogens with zero attached hydrogens (tertiary/aromatic N) is 3. The molecule has 0 aliphatic carbocycles. The summed E-state index contributed by atoms with van der Waals surface area (Å²) in [4.78, 5) is 25.8. The molecular formula is C25H25N5O3S. The molecule has 9 heteroatoms. The Bertz CT molecular complexity index is 1330. The van der Waals surface area contributed by atoms with E-state index in [1.54, 1.807) is 6.07 Å². The first-order chi connectivity index (χ1) is 16.6. The zero-order valence-corrected chi connectivity index (χ0v) is 19.6. The maximum Gasteiger partial charge on any atom is 0.255 e. The number of fused-ring (bicyclic) bond motifs is 1. The fourth-order valence-electron chi connectivity index (χ4n) is 3.96. The molecule has 1 fully saturated rings. The number of aromatic hydroxyl groups is 1. The first-order valence-corrected chi connectivity index (χ1v) is 11.9. The van der Waals surface area contributed by atoms with Crippen LogP contribution in [0.4, 0.5) is 5.69 Å². The summed E-state index contributed by atoms with van der Waals surface area (Å²) in [5.74, 6) is 0.0261. The van der Waals surface area contributed by atoms with Crippen LogP contribution in [0.2, 0.25) is 0 Å². The number of anilines is 1. The number of nitrogens with one attached hydrogen (secondary N) is 2. The molecule has 5 rings (SSSR count). The van der Waals surface area contributed by atoms with Crippen molar-refractivity contribution >= 4 is 33.3 Å². The number of pyridine rings is 1. The molecule has 3 N–H and O–H groups in total. The van der Waals surface area contributed by atoms with Crippen molar-refractivity contribution in [2.75, 3.05) is 38.6 Å². The second-order valence-corrected chi connectivity index (χ2v) is 9.07. The average molecular weight is 476 g/mol. The van der Waals surface area contributed by atoms with Crippen molar-refractivity contribution in [2.45, 2.75) is 6.54 Å². The van der Waals surface area contributed by atoms with E-state index >= 15 is 0 Å². The van der Waals surface area contributed by atoms with E-state index in [1.165, 1.54) is 30.6 Å². The van der Waals surface area contributed by atoms with Crippen LogP contribution in [-0.4, -0.2) is 59.2 Å². The number of hydrogen-bond acceptors (Lipinski definition) is 8. The maximum absolute atomic E-state index is 12.9. The van der Waals surface area contributed by atoms with Crippen LogP contribution in [0.15, 0.2) is 54.6 Å². The minimum Gasteiger partial charge on any atom is -0.508 e. The van der Waals surface area contributed by atoms with Crippen molar-refractivity contribution in [3.8, 4) is 22.1 Å². The summed E-state index contributed by atoms with van der Waals surface area (Å²) >= 11 is 1.51. The summed E-state index contributed by atoms with van der Waals surface area (Å²) in [5.41, 5.74) is 3.62. The van der Waals surface area contributed by atoms with Gasteiger partial charge in [-0.1, -0.05) is 23.5 Å². The summed E-state index contributed by atoms with van der Waals surface area (Å²) in [6, 6.07) is 16.0. The van der Waals surface area contributed by atoms with Crippen LogP contribution in [0.5, 0.6) is 11.5 Å². The Morgan fingerprint density at radius 3 is 2.79 bits per heavy atom. The van der Waals surface area contributed by atoms with Crippen molar-refractivity contribution < 1.29 is 14.6 Å². The molecule has 1 aliphatic rings. The number of phenols is 1. The summed E-state index contributed by atoms with van der Waals surface area (Å²) < 4.78 is 5.16. The number of ether oxygens (including phenoxy) is 1. The molecule has 0 radical (unpaired) electrons. The summed E-state index contributed by atoms with van der Waals surface area (Å²) in [5, 5.41) is 17.0. The SMILES string of the molecule is COc1cc(O)cc(C(=O)Nc2ccccc2-c2nc3ccc(CN4CCNCC4)nc3s2)c1. The Morgan fingerprint density at radius 2 is 1.97 bits per heavy atom. The van der Waals surface area contributed by atoms with Gasteiger partial charge in [-0.15, -0.1) is 0 Å². The molecule has 1 saturated heterocycles. The van der Waals surface area contributed by atoms with Gasteiger partial charge in [0.1, 0.15) is 26.9 Å². The lowest BCUT2D eigenvalue weighted by Gasteiger charge is -2.26. The number of rotatable bonds is 6. The molecule has 0 spiro atoms. The number of piperazine rings is 1. The molecule has 3 heterocycles. The van der Waals surface area contributed by atoms with Crippen molar-refractivity contribution in [1.29, 1.82) is 0 Å². The van der Waals surface area contributed by atoms with E-state index in [0.29, 0.717) is 17.0 Å². The number of benzene rings is 2. The molecular weight excluding hydrogens is 450 g/mol. The minimum absolute atomic E-state index is 0.0355. The molecule has 2 aromatic heterocycles. The zero-order chi connectivity index (χ0) is 23.5. The van der Waals surface area contributed by atoms with Gasteiger partial charge >= 0.3 is 0 Å². The number of thiazole rings is 1. The van der Waals surface area contributed by atoms with Crippen LogP contribution < -0.4 is 15.4 Å². The number of amides is 1. The molecule has 0 saturated carbocycles. The topological polar surface area (TPSA) is 99.6 Å². The summed E-state index contributed by atoms with van der Waals surface area (Å²) in [6.07, 6.45) is 0. The lowest BCUT2D eigenvalue weighted by atomic mass is 10.1. The van der Waals surface area contributed by atoms with E-state index in [4.69, 9.17) is 14.7 Å². The number of methoxy groups -OCH3 is 1. The number of phenolic OH excluding ortho intramolecular Hbond substituents is 1. The van der Waals surface area contributed by atoms with Gasteiger partial charge in [-0.25, -0.2) is 9.97 Å². The van der Waals surface area contributed by atoms with E-state index in [9.17, 15) is 9.90 Å². The normalized spacial score (nSPS) is 14.3. The maximum atomic E-state index is 12.9. The quantitative estimate of drug-likeness (QED) is 0.391. The smallest absolute Gasteiger partial charge is 0.255 e. The predicted molar refractivity (Wildman–Crippen MR) is 134 cm³/mol. The van der Waals surface area contributed by atoms with E-state index in [2.05, 4.69) is 15.5 Å². The van der Waals surface area contributed by atoms with E-state index in [0.717, 1.165) is 59.3 Å².